The van der Waals surface area contributed by atoms with Crippen molar-refractivity contribution in [1.82, 2.24) is 0 Å². The Balaban J connectivity index is 2.07. The van der Waals surface area contributed by atoms with E-state index in [2.05, 4.69) is 4.74 Å². The summed E-state index contributed by atoms with van der Waals surface area (Å²) in [6, 6.07) is 10.1. The van der Waals surface area contributed by atoms with Gasteiger partial charge in [0.15, 0.2) is 23.9 Å². The topological polar surface area (TPSA) is 82.1 Å². The Morgan fingerprint density at radius 2 is 1.81 bits per heavy atom. The van der Waals surface area contributed by atoms with Crippen LogP contribution in [0.5, 0.6) is 17.2 Å². The minimum Gasteiger partial charge on any atom is -0.493 e. The number of halogens is 2. The van der Waals surface area contributed by atoms with E-state index < -0.39 is 19.2 Å². The largest absolute Gasteiger partial charge is 0.493 e. The van der Waals surface area contributed by atoms with Crippen LogP contribution in [0.3, 0.4) is 0 Å². The third-order valence-electron chi connectivity index (χ3n) is 3.33. The van der Waals surface area contributed by atoms with Gasteiger partial charge >= 0.3 is 12.6 Å². The van der Waals surface area contributed by atoms with Crippen LogP contribution in [0, 0.1) is 0 Å². The van der Waals surface area contributed by atoms with Crippen molar-refractivity contribution < 1.29 is 37.7 Å². The minimum absolute atomic E-state index is 0.0350. The molecule has 2 aromatic carbocycles. The van der Waals surface area contributed by atoms with Crippen molar-refractivity contribution in [3.63, 3.8) is 0 Å². The van der Waals surface area contributed by atoms with E-state index >= 15 is 0 Å². The average Bonchev–Trinajstić information content (AvgIpc) is 2.64. The van der Waals surface area contributed by atoms with E-state index in [0.717, 1.165) is 0 Å². The molecule has 0 saturated heterocycles. The van der Waals surface area contributed by atoms with Gasteiger partial charge in [-0.1, -0.05) is 12.1 Å². The van der Waals surface area contributed by atoms with Crippen LogP contribution in [0.15, 0.2) is 48.5 Å². The molecule has 0 aromatic heterocycles. The van der Waals surface area contributed by atoms with Gasteiger partial charge in [-0.15, -0.1) is 0 Å². The van der Waals surface area contributed by atoms with Gasteiger partial charge in [-0.3, -0.25) is 4.79 Å². The van der Waals surface area contributed by atoms with Gasteiger partial charge in [0.05, 0.1) is 7.11 Å². The van der Waals surface area contributed by atoms with Crippen LogP contribution in [0.4, 0.5) is 8.78 Å². The Morgan fingerprint density at radius 3 is 2.41 bits per heavy atom. The van der Waals surface area contributed by atoms with Crippen molar-refractivity contribution in [2.24, 2.45) is 0 Å². The number of methoxy groups -OCH3 is 1. The molecule has 0 fully saturated rings. The minimum atomic E-state index is -2.93. The summed E-state index contributed by atoms with van der Waals surface area (Å²) >= 11 is 0. The van der Waals surface area contributed by atoms with Gasteiger partial charge in [-0.25, -0.2) is 4.79 Å². The lowest BCUT2D eigenvalue weighted by molar-refractivity contribution is -0.139. The first-order valence-corrected chi connectivity index (χ1v) is 7.69. The number of alkyl halides is 2. The molecule has 0 atom stereocenters. The molecule has 0 unspecified atom stereocenters. The molecule has 2 aromatic rings. The lowest BCUT2D eigenvalue weighted by Crippen LogP contribution is -2.10. The maximum Gasteiger partial charge on any atom is 0.387 e. The number of ether oxygens (including phenoxy) is 3. The molecular formula is C19H16F2O6. The van der Waals surface area contributed by atoms with Crippen LogP contribution in [-0.2, 0) is 4.79 Å². The Labute approximate surface area is 153 Å². The highest BCUT2D eigenvalue weighted by Gasteiger charge is 2.08. The fourth-order valence-corrected chi connectivity index (χ4v) is 2.12. The van der Waals surface area contributed by atoms with E-state index in [1.54, 1.807) is 12.1 Å². The van der Waals surface area contributed by atoms with Crippen LogP contribution in [0.25, 0.3) is 6.08 Å². The average molecular weight is 378 g/mol. The van der Waals surface area contributed by atoms with Gasteiger partial charge in [-0.2, -0.15) is 8.78 Å². The zero-order chi connectivity index (χ0) is 19.8. The van der Waals surface area contributed by atoms with Crippen LogP contribution in [0.2, 0.25) is 0 Å². The van der Waals surface area contributed by atoms with E-state index in [4.69, 9.17) is 14.6 Å². The zero-order valence-corrected chi connectivity index (χ0v) is 14.2. The molecule has 142 valence electrons. The maximum absolute atomic E-state index is 12.2. The number of benzene rings is 2. The molecule has 8 heteroatoms. The molecule has 0 saturated carbocycles. The van der Waals surface area contributed by atoms with Crippen molar-refractivity contribution in [3.8, 4) is 17.2 Å². The molecule has 27 heavy (non-hydrogen) atoms. The fraction of sp³-hybridized carbons (Fsp3) is 0.158. The molecule has 0 radical (unpaired) electrons. The second-order valence-corrected chi connectivity index (χ2v) is 5.19. The van der Waals surface area contributed by atoms with Gasteiger partial charge in [0, 0.05) is 5.56 Å². The first-order valence-electron chi connectivity index (χ1n) is 7.69. The molecule has 6 nitrogen and oxygen atoms in total. The van der Waals surface area contributed by atoms with Gasteiger partial charge in [0.1, 0.15) is 5.75 Å². The summed E-state index contributed by atoms with van der Waals surface area (Å²) in [5.41, 5.74) is 0.932. The monoisotopic (exact) mass is 378 g/mol. The Kier molecular flexibility index (Phi) is 6.87. The number of aliphatic carboxylic acids is 1. The predicted molar refractivity (Wildman–Crippen MR) is 92.6 cm³/mol. The van der Waals surface area contributed by atoms with E-state index in [1.165, 1.54) is 49.6 Å². The molecule has 0 spiro atoms. The fourth-order valence-electron chi connectivity index (χ4n) is 2.12. The molecule has 0 heterocycles. The molecular weight excluding hydrogens is 362 g/mol. The highest BCUT2D eigenvalue weighted by Crippen LogP contribution is 2.28. The quantitative estimate of drug-likeness (QED) is 0.530. The molecule has 0 aliphatic rings. The molecule has 2 rings (SSSR count). The second-order valence-electron chi connectivity index (χ2n) is 5.19. The van der Waals surface area contributed by atoms with Crippen molar-refractivity contribution in [1.29, 1.82) is 0 Å². The summed E-state index contributed by atoms with van der Waals surface area (Å²) in [6.07, 6.45) is 2.85. The highest BCUT2D eigenvalue weighted by molar-refractivity contribution is 6.06. The third-order valence-corrected chi connectivity index (χ3v) is 3.33. The van der Waals surface area contributed by atoms with Gasteiger partial charge in [-0.05, 0) is 48.0 Å². The summed E-state index contributed by atoms with van der Waals surface area (Å²) in [4.78, 5) is 22.7. The maximum atomic E-state index is 12.2. The van der Waals surface area contributed by atoms with Gasteiger partial charge in [0.2, 0.25) is 0 Å². The third kappa shape index (κ3) is 6.10. The normalized spacial score (nSPS) is 10.8. The lowest BCUT2D eigenvalue weighted by atomic mass is 10.1. The number of carboxylic acid groups (broad SMARTS) is 1. The number of hydrogen-bond donors (Lipinski definition) is 1. The summed E-state index contributed by atoms with van der Waals surface area (Å²) in [6.45, 7) is -3.43. The summed E-state index contributed by atoms with van der Waals surface area (Å²) in [7, 11) is 1.41. The lowest BCUT2D eigenvalue weighted by Gasteiger charge is -2.09. The number of allylic oxidation sites excluding steroid dienone is 1. The summed E-state index contributed by atoms with van der Waals surface area (Å²) in [5, 5.41) is 8.65. The van der Waals surface area contributed by atoms with Gasteiger partial charge in [0.25, 0.3) is 0 Å². The Morgan fingerprint density at radius 1 is 1.11 bits per heavy atom. The molecule has 0 aliphatic heterocycles. The number of carbonyl (C=O) groups excluding carboxylic acids is 1. The van der Waals surface area contributed by atoms with Gasteiger partial charge < -0.3 is 19.3 Å². The van der Waals surface area contributed by atoms with E-state index in [9.17, 15) is 18.4 Å². The first-order chi connectivity index (χ1) is 12.9. The van der Waals surface area contributed by atoms with E-state index in [1.807, 2.05) is 0 Å². The smallest absolute Gasteiger partial charge is 0.387 e. The van der Waals surface area contributed by atoms with Crippen molar-refractivity contribution in [2.45, 2.75) is 6.61 Å². The molecule has 0 bridgehead atoms. The summed E-state index contributed by atoms with van der Waals surface area (Å²) < 4.78 is 38.7. The van der Waals surface area contributed by atoms with Crippen molar-refractivity contribution in [3.05, 3.63) is 59.7 Å². The highest BCUT2D eigenvalue weighted by atomic mass is 19.3. The second kappa shape index (κ2) is 9.33. The number of carboxylic acids is 1. The number of hydrogen-bond acceptors (Lipinski definition) is 5. The van der Waals surface area contributed by atoms with Crippen LogP contribution in [0.1, 0.15) is 15.9 Å². The van der Waals surface area contributed by atoms with E-state index in [0.29, 0.717) is 16.9 Å². The number of rotatable bonds is 9. The van der Waals surface area contributed by atoms with Crippen molar-refractivity contribution >= 4 is 17.8 Å². The Bertz CT molecular complexity index is 831. The summed E-state index contributed by atoms with van der Waals surface area (Å²) in [5.74, 6) is -0.898. The SMILES string of the molecule is COc1cc(/C=C/C(=O)c2ccc(OC(F)F)cc2)ccc1OCC(=O)O. The predicted octanol–water partition coefficient (Wildman–Crippen LogP) is 3.66. The first kappa shape index (κ1) is 19.9. The van der Waals surface area contributed by atoms with Crippen molar-refractivity contribution in [2.75, 3.05) is 13.7 Å². The Hall–Kier alpha value is -3.42. The molecule has 0 amide bonds. The van der Waals surface area contributed by atoms with Crippen LogP contribution < -0.4 is 14.2 Å². The number of carbonyl (C=O) groups is 2. The standard InChI is InChI=1S/C19H16F2O6/c1-25-17-10-12(3-9-16(17)26-11-18(23)24)2-8-15(22)13-4-6-14(7-5-13)27-19(20)21/h2-10,19H,11H2,1H3,(H,23,24)/b8-2+. The molecule has 0 aliphatic carbocycles. The zero-order valence-electron chi connectivity index (χ0n) is 14.2. The van der Waals surface area contributed by atoms with E-state index in [-0.39, 0.29) is 17.3 Å². The van der Waals surface area contributed by atoms with Crippen LogP contribution >= 0.6 is 0 Å². The van der Waals surface area contributed by atoms with Crippen LogP contribution in [-0.4, -0.2) is 37.2 Å². The molecule has 1 N–H and O–H groups in total. The number of ketones is 1.